The zero-order valence-electron chi connectivity index (χ0n) is 8.70. The van der Waals surface area contributed by atoms with Crippen LogP contribution in [0.15, 0.2) is 28.7 Å². The standard InChI is InChI=1S/C11H13BrO3/c1-3-9(14-2)11(13)15-10-7-5-4-6-8(10)12/h4-7,9H,3H2,1-2H3. The number of carbonyl (C=O) groups is 1. The summed E-state index contributed by atoms with van der Waals surface area (Å²) in [5, 5.41) is 0. The Morgan fingerprint density at radius 2 is 2.13 bits per heavy atom. The van der Waals surface area contributed by atoms with Crippen LogP contribution in [0.25, 0.3) is 0 Å². The minimum Gasteiger partial charge on any atom is -0.423 e. The molecular formula is C11H13BrO3. The molecule has 15 heavy (non-hydrogen) atoms. The molecule has 0 saturated heterocycles. The van der Waals surface area contributed by atoms with Gasteiger partial charge in [-0.1, -0.05) is 19.1 Å². The number of halogens is 1. The highest BCUT2D eigenvalue weighted by Crippen LogP contribution is 2.24. The van der Waals surface area contributed by atoms with Gasteiger partial charge >= 0.3 is 5.97 Å². The topological polar surface area (TPSA) is 35.5 Å². The van der Waals surface area contributed by atoms with Crippen LogP contribution in [0.5, 0.6) is 5.75 Å². The van der Waals surface area contributed by atoms with Crippen LogP contribution >= 0.6 is 15.9 Å². The molecule has 82 valence electrons. The molecule has 0 radical (unpaired) electrons. The lowest BCUT2D eigenvalue weighted by molar-refractivity contribution is -0.145. The summed E-state index contributed by atoms with van der Waals surface area (Å²) in [5.41, 5.74) is 0. The van der Waals surface area contributed by atoms with Gasteiger partial charge in [-0.3, -0.25) is 0 Å². The van der Waals surface area contributed by atoms with Crippen molar-refractivity contribution >= 4 is 21.9 Å². The number of carbonyl (C=O) groups excluding carboxylic acids is 1. The maximum Gasteiger partial charge on any atom is 0.340 e. The van der Waals surface area contributed by atoms with Gasteiger partial charge in [0, 0.05) is 7.11 Å². The molecule has 1 unspecified atom stereocenters. The van der Waals surface area contributed by atoms with Crippen molar-refractivity contribution in [3.63, 3.8) is 0 Å². The summed E-state index contributed by atoms with van der Waals surface area (Å²) in [6.07, 6.45) is 0.0943. The molecule has 0 aromatic heterocycles. The molecule has 1 rings (SSSR count). The van der Waals surface area contributed by atoms with Crippen LogP contribution in [0.4, 0.5) is 0 Å². The van der Waals surface area contributed by atoms with E-state index >= 15 is 0 Å². The highest BCUT2D eigenvalue weighted by Gasteiger charge is 2.18. The van der Waals surface area contributed by atoms with Crippen LogP contribution in [0.3, 0.4) is 0 Å². The maximum absolute atomic E-state index is 11.6. The molecule has 0 amide bonds. The number of hydrogen-bond acceptors (Lipinski definition) is 3. The lowest BCUT2D eigenvalue weighted by atomic mass is 10.3. The lowest BCUT2D eigenvalue weighted by Crippen LogP contribution is -2.27. The van der Waals surface area contributed by atoms with Crippen LogP contribution in [0, 0.1) is 0 Å². The second-order valence-electron chi connectivity index (χ2n) is 2.98. The van der Waals surface area contributed by atoms with Crippen molar-refractivity contribution in [2.45, 2.75) is 19.4 Å². The zero-order chi connectivity index (χ0) is 11.3. The molecule has 1 aromatic rings. The predicted molar refractivity (Wildman–Crippen MR) is 60.9 cm³/mol. The smallest absolute Gasteiger partial charge is 0.340 e. The van der Waals surface area contributed by atoms with Crippen LogP contribution in [-0.4, -0.2) is 19.2 Å². The fourth-order valence-electron chi connectivity index (χ4n) is 1.13. The summed E-state index contributed by atoms with van der Waals surface area (Å²) in [6, 6.07) is 7.21. The van der Waals surface area contributed by atoms with Gasteiger partial charge in [-0.05, 0) is 34.5 Å². The number of rotatable bonds is 4. The second-order valence-corrected chi connectivity index (χ2v) is 3.84. The highest BCUT2D eigenvalue weighted by atomic mass is 79.9. The Balaban J connectivity index is 2.70. The average molecular weight is 273 g/mol. The number of benzene rings is 1. The molecule has 0 aliphatic carbocycles. The summed E-state index contributed by atoms with van der Waals surface area (Å²) in [7, 11) is 1.50. The van der Waals surface area contributed by atoms with Gasteiger partial charge in [0.05, 0.1) is 4.47 Å². The Morgan fingerprint density at radius 1 is 1.47 bits per heavy atom. The molecule has 0 saturated carbocycles. The largest absolute Gasteiger partial charge is 0.423 e. The van der Waals surface area contributed by atoms with E-state index in [0.29, 0.717) is 12.2 Å². The molecule has 1 aromatic carbocycles. The fourth-order valence-corrected chi connectivity index (χ4v) is 1.50. The molecule has 0 aliphatic rings. The third-order valence-corrected chi connectivity index (χ3v) is 2.62. The Kier molecular flexibility index (Phi) is 4.78. The Hall–Kier alpha value is -0.870. The number of esters is 1. The normalized spacial score (nSPS) is 12.2. The summed E-state index contributed by atoms with van der Waals surface area (Å²) in [6.45, 7) is 1.87. The van der Waals surface area contributed by atoms with Crippen molar-refractivity contribution in [3.8, 4) is 5.75 Å². The van der Waals surface area contributed by atoms with Crippen molar-refractivity contribution in [2.24, 2.45) is 0 Å². The zero-order valence-corrected chi connectivity index (χ0v) is 10.3. The molecule has 0 fully saturated rings. The van der Waals surface area contributed by atoms with Gasteiger partial charge in [0.1, 0.15) is 5.75 Å². The van der Waals surface area contributed by atoms with E-state index < -0.39 is 6.10 Å². The van der Waals surface area contributed by atoms with E-state index in [4.69, 9.17) is 9.47 Å². The highest BCUT2D eigenvalue weighted by molar-refractivity contribution is 9.10. The summed E-state index contributed by atoms with van der Waals surface area (Å²) in [4.78, 5) is 11.6. The van der Waals surface area contributed by atoms with Gasteiger partial charge in [0.25, 0.3) is 0 Å². The van der Waals surface area contributed by atoms with E-state index in [0.717, 1.165) is 4.47 Å². The monoisotopic (exact) mass is 272 g/mol. The maximum atomic E-state index is 11.6. The molecule has 0 spiro atoms. The third-order valence-electron chi connectivity index (χ3n) is 1.97. The van der Waals surface area contributed by atoms with Gasteiger partial charge in [-0.15, -0.1) is 0 Å². The first-order valence-corrected chi connectivity index (χ1v) is 5.47. The third kappa shape index (κ3) is 3.32. The Bertz CT molecular complexity index is 334. The van der Waals surface area contributed by atoms with Gasteiger partial charge in [-0.2, -0.15) is 0 Å². The summed E-state index contributed by atoms with van der Waals surface area (Å²) in [5.74, 6) is 0.143. The van der Waals surface area contributed by atoms with Crippen LogP contribution < -0.4 is 4.74 Å². The molecule has 0 heterocycles. The van der Waals surface area contributed by atoms with Crippen LogP contribution in [0.1, 0.15) is 13.3 Å². The van der Waals surface area contributed by atoms with Crippen molar-refractivity contribution in [1.29, 1.82) is 0 Å². The number of para-hydroxylation sites is 1. The Morgan fingerprint density at radius 3 is 2.67 bits per heavy atom. The van der Waals surface area contributed by atoms with E-state index in [-0.39, 0.29) is 5.97 Å². The SMILES string of the molecule is CCC(OC)C(=O)Oc1ccccc1Br. The molecule has 1 atom stereocenters. The van der Waals surface area contributed by atoms with Crippen LogP contribution in [0.2, 0.25) is 0 Å². The predicted octanol–water partition coefficient (Wildman–Crippen LogP) is 2.78. The molecular weight excluding hydrogens is 260 g/mol. The van der Waals surface area contributed by atoms with Crippen molar-refractivity contribution in [3.05, 3.63) is 28.7 Å². The van der Waals surface area contributed by atoms with E-state index in [1.54, 1.807) is 12.1 Å². The summed E-state index contributed by atoms with van der Waals surface area (Å²) >= 11 is 3.30. The van der Waals surface area contributed by atoms with E-state index in [1.165, 1.54) is 7.11 Å². The van der Waals surface area contributed by atoms with Crippen molar-refractivity contribution in [2.75, 3.05) is 7.11 Å². The van der Waals surface area contributed by atoms with Crippen molar-refractivity contribution in [1.82, 2.24) is 0 Å². The molecule has 0 N–H and O–H groups in total. The van der Waals surface area contributed by atoms with Gasteiger partial charge in [-0.25, -0.2) is 4.79 Å². The van der Waals surface area contributed by atoms with E-state index in [9.17, 15) is 4.79 Å². The van der Waals surface area contributed by atoms with E-state index in [2.05, 4.69) is 15.9 Å². The average Bonchev–Trinajstić information content (AvgIpc) is 2.23. The second kappa shape index (κ2) is 5.88. The first kappa shape index (κ1) is 12.2. The Labute approximate surface area is 97.5 Å². The van der Waals surface area contributed by atoms with Gasteiger partial charge in [0.2, 0.25) is 0 Å². The van der Waals surface area contributed by atoms with E-state index in [1.807, 2.05) is 19.1 Å². The molecule has 0 bridgehead atoms. The lowest BCUT2D eigenvalue weighted by Gasteiger charge is -2.12. The van der Waals surface area contributed by atoms with Gasteiger partial charge in [0.15, 0.2) is 6.10 Å². The summed E-state index contributed by atoms with van der Waals surface area (Å²) < 4.78 is 10.9. The van der Waals surface area contributed by atoms with Crippen LogP contribution in [-0.2, 0) is 9.53 Å². The minimum atomic E-state index is -0.503. The first-order valence-electron chi connectivity index (χ1n) is 4.68. The number of methoxy groups -OCH3 is 1. The molecule has 4 heteroatoms. The quantitative estimate of drug-likeness (QED) is 0.625. The fraction of sp³-hybridized carbons (Fsp3) is 0.364. The first-order chi connectivity index (χ1) is 7.19. The van der Waals surface area contributed by atoms with Crippen molar-refractivity contribution < 1.29 is 14.3 Å². The molecule has 3 nitrogen and oxygen atoms in total. The molecule has 0 aliphatic heterocycles. The minimum absolute atomic E-state index is 0.369. The number of ether oxygens (including phenoxy) is 2. The van der Waals surface area contributed by atoms with Gasteiger partial charge < -0.3 is 9.47 Å². The number of hydrogen-bond donors (Lipinski definition) is 0.